The van der Waals surface area contributed by atoms with Crippen molar-refractivity contribution in [3.63, 3.8) is 0 Å². The lowest BCUT2D eigenvalue weighted by Gasteiger charge is -2.36. The van der Waals surface area contributed by atoms with Crippen LogP contribution in [0.3, 0.4) is 0 Å². The quantitative estimate of drug-likeness (QED) is 0.00979. The molecule has 14 N–H and O–H groups in total. The Balaban J connectivity index is 0.683. The number of aryl methyl sites for hydroxylation is 2. The third-order valence-corrected chi connectivity index (χ3v) is 31.8. The van der Waals surface area contributed by atoms with Gasteiger partial charge in [-0.25, -0.2) is 49.5 Å². The highest BCUT2D eigenvalue weighted by Crippen LogP contribution is 2.57. The molecule has 28 atom stereocenters. The zero-order valence-corrected chi connectivity index (χ0v) is 86.9. The highest BCUT2D eigenvalue weighted by atomic mass is 32.7. The molecule has 0 amide bonds. The average Bonchev–Trinajstić information content (AvgIpc) is 1.60. The highest BCUT2D eigenvalue weighted by molar-refractivity contribution is 8.32. The Morgan fingerprint density at radius 1 is 0.405 bits per heavy atom. The summed E-state index contributed by atoms with van der Waals surface area (Å²) in [4.78, 5) is 193. The lowest BCUT2D eigenvalue weighted by molar-refractivity contribution is -0.241. The van der Waals surface area contributed by atoms with Crippen molar-refractivity contribution in [2.24, 2.45) is 0 Å². The molecule has 0 saturated carbocycles. The van der Waals surface area contributed by atoms with E-state index >= 15 is 23.5 Å². The summed E-state index contributed by atoms with van der Waals surface area (Å²) in [5, 5.41) is 10.8. The maximum Gasteiger partial charge on any atom is 0.351 e. The number of anilines is 5. The van der Waals surface area contributed by atoms with Crippen LogP contribution < -0.4 is 81.2 Å². The molecule has 814 valence electrons. The number of phosphoric ester groups is 2. The molecule has 0 spiro atoms. The van der Waals surface area contributed by atoms with Crippen LogP contribution in [-0.4, -0.2) is 328 Å². The number of nitrogens with one attached hydrogen (secondary N) is 3. The Kier molecular flexibility index (Phi) is 36.2. The number of aromatic nitrogens is 20. The molecular weight excluding hydrogens is 2180 g/mol. The fraction of sp³-hybridized carbons (Fsp3) is 0.616. The lowest BCUT2D eigenvalue weighted by Crippen LogP contribution is -2.42. The minimum atomic E-state index is -6.22. The standard InChI is InChI=1S/C73H103N25O40P6S4/c1-32-18-93(72(103)87-56(32)74)42-16-34(133-141(109,145)117-7)37(127-42)21-124-142(110,146)134-35-17-43(95-28-83-44-57(75)79-26-81-59(44)95)128-38(35)22-125-143(111,147)138-51-40(130-66(55(51)121-15-11-116-6)94-19-33(2)63(100)92-73(94)104)24-123-140(107,108)135-49-39(131-67(53(49)119-13-9-114-4)96-29-84-45-58(76)80-27-82-60(45)96)23-122-139(105,106)136-50-41(132-69(54(50)120-14-10-115-5)98-31-86-47-62(98)89-71(78)91-65(47)102)25-126-144(112,148)137-48-36(20-99)129-68(52(48)118-12-8-113-3)97-30-85-46-61(97)88-70(77)90-64(46)101/h18-19,26-31,34-43,48-55,66-69,99H,8-17,20-25H2,1-7H3,(H,105,106)(H,107,108)(H,109,145)(H,110,146)(H,111,147)(H,112,148)(H2,74,87,103)(H2,75,79,81)(H2,76,80,82)(H,92,100,104)(H3,77,88,90,101)(H3,78,89,91,102)/p-6/t34-,35-,36-,37-,38-,39-,40-,41-,42-,43-,48+,49+,50+,51+,52?,53?,54?,55?,66-,67-,68-,69-,141?,142?,143?,144?/m1/s1. The minimum absolute atomic E-state index is 0.0443. The largest absolute Gasteiger partial charge is 0.780 e. The van der Waals surface area contributed by atoms with Crippen LogP contribution in [0.5, 0.6) is 0 Å². The zero-order chi connectivity index (χ0) is 106. The third-order valence-electron chi connectivity index (χ3n) is 23.5. The Hall–Kier alpha value is -7.93. The van der Waals surface area contributed by atoms with Crippen molar-refractivity contribution < 1.29 is 164 Å². The van der Waals surface area contributed by atoms with E-state index in [-0.39, 0.29) is 119 Å². The SMILES string of the molecule is COCCOC1[C@@H](OP(=O)([S-])OC[C@H]2O[C@@H](n3cnc4c(N)ncnc43)C[C@H]2OP([O-])(=S)OC[C@H]2O[C@@H](n3cc(C)c(N)nc3=O)C[C@H]2OP([O-])(=S)OC)[C@@H](COP(=O)([O-])O[C@@H]2C(OCCOC)[C@H](n3cnc4c(N)ncnc43)O[C@@H]2COP(=O)([O-])O[C@@H]2C(OCCOC)[C@H](n3cnc4c(=O)[nH]c(N)nc43)O[C@@H]2COP([O-])(=S)O[C@@H]2C(OCCOC)[C@H](n3cnc4c(=O)[nH]c(N)nc43)O[C@@H]2CO)O[C@H]1n1cc(C)c(=O)[nH]c1=O. The normalized spacial score (nSPS) is 28.9. The van der Waals surface area contributed by atoms with Crippen molar-refractivity contribution >= 4 is 164 Å². The first kappa shape index (κ1) is 113. The fourth-order valence-electron chi connectivity index (χ4n) is 16.7. The second-order valence-corrected chi connectivity index (χ2v) is 46.7. The first-order chi connectivity index (χ1) is 70.4. The number of nitrogens with two attached hydrogens (primary N) is 5. The molecule has 6 aliphatic heterocycles. The van der Waals surface area contributed by atoms with Crippen LogP contribution in [0.15, 0.2) is 74.3 Å². The summed E-state index contributed by atoms with van der Waals surface area (Å²) in [7, 11) is -6.13. The van der Waals surface area contributed by atoms with Gasteiger partial charge in [0.15, 0.2) is 77.0 Å². The van der Waals surface area contributed by atoms with Gasteiger partial charge < -0.3 is 191 Å². The summed E-state index contributed by atoms with van der Waals surface area (Å²) in [6, 6.07) is 0. The van der Waals surface area contributed by atoms with Crippen molar-refractivity contribution in [2.75, 3.05) is 157 Å². The second-order valence-electron chi connectivity index (χ2n) is 33.1. The van der Waals surface area contributed by atoms with Crippen molar-refractivity contribution in [3.8, 4) is 0 Å². The summed E-state index contributed by atoms with van der Waals surface area (Å²) >= 11 is 21.7. The first-order valence-corrected chi connectivity index (χ1v) is 57.2. The molecule has 0 radical (unpaired) electrons. The van der Waals surface area contributed by atoms with Gasteiger partial charge in [0.25, 0.3) is 32.3 Å². The van der Waals surface area contributed by atoms with Gasteiger partial charge in [-0.1, -0.05) is 35.4 Å². The van der Waals surface area contributed by atoms with Crippen LogP contribution in [0, 0.1) is 13.8 Å². The first-order valence-electron chi connectivity index (χ1n) is 44.1. The molecule has 0 aromatic carbocycles. The molecule has 148 heavy (non-hydrogen) atoms. The monoisotopic (exact) mass is 2280 g/mol. The van der Waals surface area contributed by atoms with Crippen molar-refractivity contribution in [2.45, 2.75) is 162 Å². The Morgan fingerprint density at radius 2 is 0.784 bits per heavy atom. The summed E-state index contributed by atoms with van der Waals surface area (Å²) in [5.74, 6) is -1.06. The van der Waals surface area contributed by atoms with Gasteiger partial charge in [0.2, 0.25) is 11.9 Å². The lowest BCUT2D eigenvalue weighted by atomic mass is 10.1. The molecule has 6 fully saturated rings. The Labute approximate surface area is 852 Å². The summed E-state index contributed by atoms with van der Waals surface area (Å²) in [5.41, 5.74) is 25.3. The average molecular weight is 2280 g/mol. The van der Waals surface area contributed by atoms with Crippen molar-refractivity contribution in [3.05, 3.63) is 114 Å². The number of H-pyrrole nitrogens is 3. The van der Waals surface area contributed by atoms with Gasteiger partial charge in [-0.15, -0.1) is 0 Å². The van der Waals surface area contributed by atoms with E-state index in [1.807, 2.05) is 0 Å². The van der Waals surface area contributed by atoms with Gasteiger partial charge in [-0.2, -0.15) is 15.0 Å². The number of hydrogen-bond acceptors (Lipinski definition) is 60. The van der Waals surface area contributed by atoms with Crippen molar-refractivity contribution in [1.82, 2.24) is 97.2 Å². The Morgan fingerprint density at radius 3 is 1.24 bits per heavy atom. The van der Waals surface area contributed by atoms with E-state index in [4.69, 9.17) is 197 Å². The van der Waals surface area contributed by atoms with Gasteiger partial charge in [0, 0.05) is 71.9 Å². The predicted octanol–water partition coefficient (Wildman–Crippen LogP) is -5.06. The zero-order valence-electron chi connectivity index (χ0n) is 78.3. The fourth-order valence-corrected chi connectivity index (χ4v) is 23.9. The summed E-state index contributed by atoms with van der Waals surface area (Å²) in [6.07, 6.45) is -28.5. The number of aliphatic hydroxyl groups excluding tert-OH is 1. The van der Waals surface area contributed by atoms with E-state index in [2.05, 4.69) is 69.8 Å². The van der Waals surface area contributed by atoms with E-state index < -0.39 is 271 Å². The number of aliphatic hydroxyl groups is 1. The number of nitrogens with zero attached hydrogens (tertiary/aromatic N) is 17. The molecular formula is C73H97N25O40P6S4-6. The maximum atomic E-state index is 15.4. The van der Waals surface area contributed by atoms with Gasteiger partial charge in [-0.3, -0.25) is 70.4 Å². The predicted molar refractivity (Wildman–Crippen MR) is 504 cm³/mol. The number of nitrogen functional groups attached to an aromatic ring is 5. The molecule has 65 nitrogen and oxygen atoms in total. The third kappa shape index (κ3) is 25.8. The molecule has 16 rings (SSSR count). The molecule has 0 aliphatic carbocycles. The number of rotatable bonds is 51. The van der Waals surface area contributed by atoms with E-state index in [9.17, 15) is 43.8 Å². The van der Waals surface area contributed by atoms with Crippen LogP contribution in [0.1, 0.15) is 61.3 Å². The molecule has 6 aliphatic rings. The van der Waals surface area contributed by atoms with Crippen LogP contribution in [0.4, 0.5) is 29.4 Å². The van der Waals surface area contributed by atoms with Gasteiger partial charge in [-0.05, 0) is 13.8 Å². The number of ether oxygens (including phenoxy) is 14. The maximum absolute atomic E-state index is 15.4. The molecule has 16 heterocycles. The molecule has 10 unspecified atom stereocenters. The highest BCUT2D eigenvalue weighted by Gasteiger charge is 2.57. The molecule has 6 saturated heterocycles. The van der Waals surface area contributed by atoms with Crippen molar-refractivity contribution in [1.29, 1.82) is 0 Å². The number of methoxy groups -OCH3 is 4. The molecule has 0 bridgehead atoms. The molecule has 10 aromatic rings. The van der Waals surface area contributed by atoms with Gasteiger partial charge in [0.05, 0.1) is 130 Å². The smallest absolute Gasteiger partial charge is 0.351 e. The van der Waals surface area contributed by atoms with Crippen LogP contribution >= 0.6 is 42.6 Å². The number of hydrogen-bond donors (Lipinski definition) is 9. The van der Waals surface area contributed by atoms with Crippen LogP contribution in [-0.2, 0) is 182 Å². The van der Waals surface area contributed by atoms with Crippen LogP contribution in [0.25, 0.3) is 44.7 Å². The van der Waals surface area contributed by atoms with Gasteiger partial charge in [0.1, 0.15) is 148 Å². The number of imidazole rings is 4. The topological polar surface area (TPSA) is 861 Å². The number of aromatic amines is 3. The molecule has 75 heteroatoms. The van der Waals surface area contributed by atoms with E-state index in [0.29, 0.717) is 5.56 Å². The Bertz CT molecular complexity index is 7040. The minimum Gasteiger partial charge on any atom is -0.780 e. The number of phosphoric acid groups is 2. The summed E-state index contributed by atoms with van der Waals surface area (Å²) < 4.78 is 207. The van der Waals surface area contributed by atoms with Crippen LogP contribution in [0.2, 0.25) is 0 Å². The van der Waals surface area contributed by atoms with E-state index in [0.717, 1.165) is 58.6 Å². The second kappa shape index (κ2) is 47.6. The number of fused-ring (bicyclic) bond motifs is 4. The van der Waals surface area contributed by atoms with E-state index in [1.165, 1.54) is 61.6 Å². The van der Waals surface area contributed by atoms with Gasteiger partial charge >= 0.3 is 11.4 Å². The molecule has 10 aromatic heterocycles. The summed E-state index contributed by atoms with van der Waals surface area (Å²) in [6.45, 7) is -25.2. The van der Waals surface area contributed by atoms with E-state index in [1.54, 1.807) is 6.92 Å².